The van der Waals surface area contributed by atoms with Crippen molar-refractivity contribution in [2.75, 3.05) is 23.7 Å². The minimum atomic E-state index is -3.54. The van der Waals surface area contributed by atoms with Gasteiger partial charge in [-0.15, -0.1) is 0 Å². The quantitative estimate of drug-likeness (QED) is 0.469. The lowest BCUT2D eigenvalue weighted by Crippen LogP contribution is -2.47. The Morgan fingerprint density at radius 1 is 1.09 bits per heavy atom. The highest BCUT2D eigenvalue weighted by atomic mass is 35.5. The number of hydrogen-bond donors (Lipinski definition) is 1. The van der Waals surface area contributed by atoms with Gasteiger partial charge in [0.25, 0.3) is 0 Å². The van der Waals surface area contributed by atoms with Crippen molar-refractivity contribution in [1.82, 2.24) is 10.2 Å². The van der Waals surface area contributed by atoms with Crippen LogP contribution in [0.3, 0.4) is 0 Å². The smallest absolute Gasteiger partial charge is 0.242 e. The van der Waals surface area contributed by atoms with Gasteiger partial charge in [-0.2, -0.15) is 0 Å². The van der Waals surface area contributed by atoms with Gasteiger partial charge in [-0.25, -0.2) is 8.42 Å². The number of anilines is 1. The van der Waals surface area contributed by atoms with Crippen molar-refractivity contribution >= 4 is 50.7 Å². The van der Waals surface area contributed by atoms with E-state index in [9.17, 15) is 18.0 Å². The molecule has 0 spiro atoms. The van der Waals surface area contributed by atoms with E-state index in [2.05, 4.69) is 5.32 Å². The molecule has 0 aromatic heterocycles. The van der Waals surface area contributed by atoms with E-state index < -0.39 is 16.1 Å². The van der Waals surface area contributed by atoms with Crippen LogP contribution in [0.25, 0.3) is 0 Å². The van der Waals surface area contributed by atoms with Crippen molar-refractivity contribution < 1.29 is 18.0 Å². The highest BCUT2D eigenvalue weighted by Gasteiger charge is 2.26. The molecule has 0 aliphatic carbocycles. The molecule has 0 radical (unpaired) electrons. The second kappa shape index (κ2) is 12.4. The maximum Gasteiger partial charge on any atom is 0.242 e. The van der Waals surface area contributed by atoms with Gasteiger partial charge in [0.1, 0.15) is 6.04 Å². The largest absolute Gasteiger partial charge is 0.355 e. The number of amides is 2. The first-order valence-electron chi connectivity index (χ1n) is 11.0. The van der Waals surface area contributed by atoms with E-state index in [4.69, 9.17) is 23.2 Å². The third-order valence-electron chi connectivity index (χ3n) is 5.39. The number of benzene rings is 2. The molecule has 0 aliphatic rings. The molecule has 2 rings (SSSR count). The number of nitrogens with zero attached hydrogens (tertiary/aromatic N) is 2. The van der Waals surface area contributed by atoms with E-state index in [1.807, 2.05) is 19.1 Å². The van der Waals surface area contributed by atoms with Gasteiger partial charge < -0.3 is 10.2 Å². The van der Waals surface area contributed by atoms with E-state index in [0.29, 0.717) is 28.7 Å². The van der Waals surface area contributed by atoms with Crippen LogP contribution in [0.4, 0.5) is 5.69 Å². The van der Waals surface area contributed by atoms with E-state index in [1.54, 1.807) is 44.2 Å². The molecule has 0 aliphatic heterocycles. The van der Waals surface area contributed by atoms with Gasteiger partial charge in [0.05, 0.1) is 22.0 Å². The molecule has 10 heteroatoms. The maximum absolute atomic E-state index is 13.2. The Morgan fingerprint density at radius 2 is 1.76 bits per heavy atom. The number of nitrogens with one attached hydrogen (secondary N) is 1. The highest BCUT2D eigenvalue weighted by Crippen LogP contribution is 2.25. The molecule has 1 atom stereocenters. The number of carbonyl (C=O) groups is 2. The van der Waals surface area contributed by atoms with E-state index >= 15 is 0 Å². The normalized spacial score (nSPS) is 12.2. The second-order valence-corrected chi connectivity index (χ2v) is 10.8. The van der Waals surface area contributed by atoms with Crippen LogP contribution in [0.15, 0.2) is 42.5 Å². The minimum Gasteiger partial charge on any atom is -0.355 e. The third kappa shape index (κ3) is 7.61. The summed E-state index contributed by atoms with van der Waals surface area (Å²) in [6.07, 6.45) is 1.51. The lowest BCUT2D eigenvalue weighted by atomic mass is 10.1. The van der Waals surface area contributed by atoms with E-state index in [0.717, 1.165) is 17.4 Å². The zero-order chi connectivity index (χ0) is 25.5. The van der Waals surface area contributed by atoms with Gasteiger partial charge in [0.15, 0.2) is 0 Å². The molecular formula is C24H31Cl2N3O4S. The monoisotopic (exact) mass is 527 g/mol. The number of sulfonamides is 1. The standard InChI is InChI=1S/C24H31Cl2N3O4S/c1-5-27-24(31)18(3)28(16-19-12-13-20(25)21(26)15-19)23(30)11-8-14-29(34(4,32)33)22-10-7-6-9-17(22)2/h6-7,9-10,12-13,15,18H,5,8,11,14,16H2,1-4H3,(H,27,31)/t18-/m0/s1. The molecule has 0 bridgehead atoms. The predicted molar refractivity (Wildman–Crippen MR) is 138 cm³/mol. The van der Waals surface area contributed by atoms with Crippen molar-refractivity contribution in [1.29, 1.82) is 0 Å². The Bertz CT molecular complexity index is 1120. The molecule has 34 heavy (non-hydrogen) atoms. The van der Waals surface area contributed by atoms with Gasteiger partial charge >= 0.3 is 0 Å². The molecule has 2 aromatic rings. The topological polar surface area (TPSA) is 86.8 Å². The first-order valence-corrected chi connectivity index (χ1v) is 13.6. The fourth-order valence-electron chi connectivity index (χ4n) is 3.56. The molecule has 0 saturated carbocycles. The van der Waals surface area contributed by atoms with Crippen LogP contribution < -0.4 is 9.62 Å². The van der Waals surface area contributed by atoms with Gasteiger partial charge in [-0.3, -0.25) is 13.9 Å². The summed E-state index contributed by atoms with van der Waals surface area (Å²) in [4.78, 5) is 27.2. The second-order valence-electron chi connectivity index (χ2n) is 8.07. The zero-order valence-electron chi connectivity index (χ0n) is 19.8. The van der Waals surface area contributed by atoms with Gasteiger partial charge in [-0.1, -0.05) is 47.5 Å². The highest BCUT2D eigenvalue weighted by molar-refractivity contribution is 7.92. The summed E-state index contributed by atoms with van der Waals surface area (Å²) < 4.78 is 26.1. The Kier molecular flexibility index (Phi) is 10.2. The summed E-state index contributed by atoms with van der Waals surface area (Å²) in [6.45, 7) is 6.06. The van der Waals surface area contributed by atoms with Crippen LogP contribution in [0.1, 0.15) is 37.8 Å². The van der Waals surface area contributed by atoms with Crippen molar-refractivity contribution in [3.8, 4) is 0 Å². The maximum atomic E-state index is 13.2. The van der Waals surface area contributed by atoms with Crippen LogP contribution >= 0.6 is 23.2 Å². The van der Waals surface area contributed by atoms with Crippen molar-refractivity contribution in [2.24, 2.45) is 0 Å². The average molecular weight is 529 g/mol. The molecule has 2 aromatic carbocycles. The first-order chi connectivity index (χ1) is 16.0. The van der Waals surface area contributed by atoms with Crippen LogP contribution in [0.5, 0.6) is 0 Å². The fourth-order valence-corrected chi connectivity index (χ4v) is 4.91. The summed E-state index contributed by atoms with van der Waals surface area (Å²) in [5.74, 6) is -0.531. The van der Waals surface area contributed by atoms with Crippen molar-refractivity contribution in [3.63, 3.8) is 0 Å². The van der Waals surface area contributed by atoms with Crippen molar-refractivity contribution in [2.45, 2.75) is 46.2 Å². The molecule has 1 N–H and O–H groups in total. The Balaban J connectivity index is 2.19. The van der Waals surface area contributed by atoms with Gasteiger partial charge in [0.2, 0.25) is 21.8 Å². The molecular weight excluding hydrogens is 497 g/mol. The molecule has 7 nitrogen and oxygen atoms in total. The first kappa shape index (κ1) is 28.0. The fraction of sp³-hybridized carbons (Fsp3) is 0.417. The Labute approximate surface area is 212 Å². The third-order valence-corrected chi connectivity index (χ3v) is 7.31. The number of aryl methyl sites for hydroxylation is 1. The van der Waals surface area contributed by atoms with Gasteiger partial charge in [0, 0.05) is 26.1 Å². The minimum absolute atomic E-state index is 0.0724. The predicted octanol–water partition coefficient (Wildman–Crippen LogP) is 4.40. The van der Waals surface area contributed by atoms with Crippen LogP contribution in [-0.4, -0.2) is 50.5 Å². The summed E-state index contributed by atoms with van der Waals surface area (Å²) in [5.41, 5.74) is 2.14. The summed E-state index contributed by atoms with van der Waals surface area (Å²) in [7, 11) is -3.54. The summed E-state index contributed by atoms with van der Waals surface area (Å²) >= 11 is 12.1. The molecule has 0 unspecified atom stereocenters. The molecule has 186 valence electrons. The number of hydrogen-bond acceptors (Lipinski definition) is 4. The number of carbonyl (C=O) groups excluding carboxylic acids is 2. The van der Waals surface area contributed by atoms with Crippen molar-refractivity contribution in [3.05, 3.63) is 63.6 Å². The summed E-state index contributed by atoms with van der Waals surface area (Å²) in [6, 6.07) is 11.5. The lowest BCUT2D eigenvalue weighted by Gasteiger charge is -2.29. The van der Waals surface area contributed by atoms with E-state index in [-0.39, 0.29) is 31.3 Å². The zero-order valence-corrected chi connectivity index (χ0v) is 22.2. The number of halogens is 2. The SMILES string of the molecule is CCNC(=O)[C@H](C)N(Cc1ccc(Cl)c(Cl)c1)C(=O)CCCN(c1ccccc1C)S(C)(=O)=O. The Morgan fingerprint density at radius 3 is 2.35 bits per heavy atom. The Hall–Kier alpha value is -2.29. The molecule has 0 heterocycles. The number of likely N-dealkylation sites (N-methyl/N-ethyl adjacent to an activating group) is 1. The number of para-hydroxylation sites is 1. The number of rotatable bonds is 11. The molecule has 0 fully saturated rings. The van der Waals surface area contributed by atoms with Crippen LogP contribution in [-0.2, 0) is 26.2 Å². The van der Waals surface area contributed by atoms with Gasteiger partial charge in [-0.05, 0) is 56.5 Å². The average Bonchev–Trinajstić information content (AvgIpc) is 2.77. The lowest BCUT2D eigenvalue weighted by molar-refractivity contribution is -0.140. The molecule has 2 amide bonds. The van der Waals surface area contributed by atoms with E-state index in [1.165, 1.54) is 9.21 Å². The van der Waals surface area contributed by atoms with Crippen LogP contribution in [0, 0.1) is 6.92 Å². The molecule has 0 saturated heterocycles. The van der Waals surface area contributed by atoms with Crippen LogP contribution in [0.2, 0.25) is 10.0 Å². The summed E-state index contributed by atoms with van der Waals surface area (Å²) in [5, 5.41) is 3.50.